The van der Waals surface area contributed by atoms with E-state index in [0.29, 0.717) is 16.2 Å². The Morgan fingerprint density at radius 1 is 1.26 bits per heavy atom. The second-order valence-electron chi connectivity index (χ2n) is 4.01. The molecule has 0 aromatic carbocycles. The van der Waals surface area contributed by atoms with E-state index in [1.807, 2.05) is 0 Å². The molecule has 0 amide bonds. The molecule has 2 aromatic heterocycles. The zero-order chi connectivity index (χ0) is 13.9. The van der Waals surface area contributed by atoms with Crippen molar-refractivity contribution in [1.82, 2.24) is 9.97 Å². The van der Waals surface area contributed by atoms with Gasteiger partial charge in [-0.25, -0.2) is 13.8 Å². The van der Waals surface area contributed by atoms with Gasteiger partial charge in [0.2, 0.25) is 5.88 Å². The van der Waals surface area contributed by atoms with Crippen LogP contribution in [0.15, 0.2) is 41.1 Å². The van der Waals surface area contributed by atoms with Crippen LogP contribution in [0.5, 0.6) is 5.88 Å². The smallest absolute Gasteiger partial charge is 0.272 e. The highest BCUT2D eigenvalue weighted by Gasteiger charge is 2.24. The number of rotatable bonds is 4. The van der Waals surface area contributed by atoms with Crippen LogP contribution in [0.2, 0.25) is 0 Å². The van der Waals surface area contributed by atoms with Crippen molar-refractivity contribution in [2.24, 2.45) is 0 Å². The van der Waals surface area contributed by atoms with E-state index in [1.165, 1.54) is 12.1 Å². The highest BCUT2D eigenvalue weighted by Crippen LogP contribution is 2.26. The third kappa shape index (κ3) is 3.96. The van der Waals surface area contributed by atoms with E-state index in [1.54, 1.807) is 18.2 Å². The summed E-state index contributed by atoms with van der Waals surface area (Å²) < 4.78 is 32.1. The molecule has 0 saturated carbocycles. The second-order valence-corrected chi connectivity index (χ2v) is 4.83. The molecule has 0 aliphatic heterocycles. The number of hydrogen-bond donors (Lipinski definition) is 0. The van der Waals surface area contributed by atoms with E-state index < -0.39 is 5.92 Å². The maximum Gasteiger partial charge on any atom is 0.272 e. The lowest BCUT2D eigenvalue weighted by Crippen LogP contribution is -2.08. The summed E-state index contributed by atoms with van der Waals surface area (Å²) in [4.78, 5) is 8.03. The quantitative estimate of drug-likeness (QED) is 0.797. The van der Waals surface area contributed by atoms with Crippen molar-refractivity contribution in [3.8, 4) is 5.88 Å². The van der Waals surface area contributed by atoms with Gasteiger partial charge in [-0.1, -0.05) is 6.07 Å². The molecule has 3 nitrogen and oxygen atoms in total. The van der Waals surface area contributed by atoms with E-state index in [-0.39, 0.29) is 12.2 Å². The molecular formula is C13H11BrF2N2O. The summed E-state index contributed by atoms with van der Waals surface area (Å²) >= 11 is 3.23. The monoisotopic (exact) mass is 328 g/mol. The Kier molecular flexibility index (Phi) is 4.09. The first-order valence-electron chi connectivity index (χ1n) is 5.54. The van der Waals surface area contributed by atoms with Crippen molar-refractivity contribution in [2.75, 3.05) is 0 Å². The molecule has 0 saturated heterocycles. The van der Waals surface area contributed by atoms with Crippen LogP contribution in [0.4, 0.5) is 8.78 Å². The van der Waals surface area contributed by atoms with Gasteiger partial charge < -0.3 is 4.74 Å². The van der Waals surface area contributed by atoms with Crippen LogP contribution in [-0.2, 0) is 12.5 Å². The lowest BCUT2D eigenvalue weighted by molar-refractivity contribution is 0.0170. The maximum absolute atomic E-state index is 13.0. The van der Waals surface area contributed by atoms with Crippen molar-refractivity contribution in [2.45, 2.75) is 19.5 Å². The number of aromatic nitrogens is 2. The second kappa shape index (κ2) is 5.61. The Morgan fingerprint density at radius 3 is 2.63 bits per heavy atom. The molecule has 0 radical (unpaired) electrons. The molecule has 100 valence electrons. The first-order valence-corrected chi connectivity index (χ1v) is 6.33. The van der Waals surface area contributed by atoms with E-state index in [9.17, 15) is 8.78 Å². The number of halogens is 3. The van der Waals surface area contributed by atoms with Crippen LogP contribution >= 0.6 is 15.9 Å². The molecule has 0 unspecified atom stereocenters. The molecule has 0 spiro atoms. The minimum atomic E-state index is -2.88. The van der Waals surface area contributed by atoms with Crippen LogP contribution in [0.25, 0.3) is 0 Å². The van der Waals surface area contributed by atoms with E-state index in [2.05, 4.69) is 25.9 Å². The van der Waals surface area contributed by atoms with Gasteiger partial charge in [-0.05, 0) is 34.1 Å². The molecule has 19 heavy (non-hydrogen) atoms. The van der Waals surface area contributed by atoms with Crippen LogP contribution in [0, 0.1) is 0 Å². The van der Waals surface area contributed by atoms with Crippen molar-refractivity contribution in [1.29, 1.82) is 0 Å². The highest BCUT2D eigenvalue weighted by atomic mass is 79.9. The lowest BCUT2D eigenvalue weighted by atomic mass is 10.1. The first-order chi connectivity index (χ1) is 8.95. The van der Waals surface area contributed by atoms with Gasteiger partial charge in [0.1, 0.15) is 11.2 Å². The van der Waals surface area contributed by atoms with Gasteiger partial charge in [-0.15, -0.1) is 0 Å². The molecule has 2 aromatic rings. The Labute approximate surface area is 117 Å². The number of hydrogen-bond acceptors (Lipinski definition) is 3. The van der Waals surface area contributed by atoms with Crippen molar-refractivity contribution < 1.29 is 13.5 Å². The molecule has 2 heterocycles. The number of nitrogens with zero attached hydrogens (tertiary/aromatic N) is 2. The predicted molar refractivity (Wildman–Crippen MR) is 70.1 cm³/mol. The van der Waals surface area contributed by atoms with Gasteiger partial charge in [0.15, 0.2) is 0 Å². The fourth-order valence-corrected chi connectivity index (χ4v) is 1.71. The summed E-state index contributed by atoms with van der Waals surface area (Å²) in [7, 11) is 0. The van der Waals surface area contributed by atoms with Crippen LogP contribution in [0.3, 0.4) is 0 Å². The van der Waals surface area contributed by atoms with Crippen LogP contribution in [-0.4, -0.2) is 9.97 Å². The molecule has 0 aliphatic rings. The van der Waals surface area contributed by atoms with Gasteiger partial charge in [0.05, 0.1) is 5.69 Å². The van der Waals surface area contributed by atoms with E-state index in [4.69, 9.17) is 4.74 Å². The average Bonchev–Trinajstić information content (AvgIpc) is 2.36. The van der Waals surface area contributed by atoms with Crippen LogP contribution < -0.4 is 4.74 Å². The summed E-state index contributed by atoms with van der Waals surface area (Å²) in [6.45, 7) is 1.02. The Morgan fingerprint density at radius 2 is 2.05 bits per heavy atom. The van der Waals surface area contributed by atoms with Gasteiger partial charge in [0.25, 0.3) is 5.92 Å². The standard InChI is InChI=1S/C13H11BrF2N2O/c1-13(15,16)9-5-6-10(17-7-9)8-19-12-4-2-3-11(14)18-12/h2-7H,8H2,1H3. The first kappa shape index (κ1) is 13.9. The molecule has 0 aliphatic carbocycles. The van der Waals surface area contributed by atoms with E-state index in [0.717, 1.165) is 13.1 Å². The van der Waals surface area contributed by atoms with Gasteiger partial charge in [-0.2, -0.15) is 0 Å². The third-order valence-electron chi connectivity index (χ3n) is 2.39. The van der Waals surface area contributed by atoms with Gasteiger partial charge in [0, 0.05) is 24.8 Å². The molecule has 2 rings (SSSR count). The molecule has 0 fully saturated rings. The molecule has 0 atom stereocenters. The lowest BCUT2D eigenvalue weighted by Gasteiger charge is -2.10. The topological polar surface area (TPSA) is 35.0 Å². The number of alkyl halides is 2. The SMILES string of the molecule is CC(F)(F)c1ccc(COc2cccc(Br)n2)nc1. The largest absolute Gasteiger partial charge is 0.471 e. The zero-order valence-electron chi connectivity index (χ0n) is 10.1. The minimum absolute atomic E-state index is 0.114. The Balaban J connectivity index is 2.01. The van der Waals surface area contributed by atoms with E-state index >= 15 is 0 Å². The normalized spacial score (nSPS) is 11.4. The molecule has 0 N–H and O–H groups in total. The number of pyridine rings is 2. The summed E-state index contributed by atoms with van der Waals surface area (Å²) in [6, 6.07) is 8.15. The fourth-order valence-electron chi connectivity index (χ4n) is 1.39. The third-order valence-corrected chi connectivity index (χ3v) is 2.83. The highest BCUT2D eigenvalue weighted by molar-refractivity contribution is 9.10. The van der Waals surface area contributed by atoms with Crippen LogP contribution in [0.1, 0.15) is 18.2 Å². The van der Waals surface area contributed by atoms with Gasteiger partial charge >= 0.3 is 0 Å². The average molecular weight is 329 g/mol. The molecular weight excluding hydrogens is 318 g/mol. The summed E-state index contributed by atoms with van der Waals surface area (Å²) in [6.07, 6.45) is 1.16. The Hall–Kier alpha value is -1.56. The van der Waals surface area contributed by atoms with Crippen molar-refractivity contribution >= 4 is 15.9 Å². The summed E-state index contributed by atoms with van der Waals surface area (Å²) in [5.74, 6) is -2.43. The summed E-state index contributed by atoms with van der Waals surface area (Å²) in [5.41, 5.74) is 0.451. The minimum Gasteiger partial charge on any atom is -0.471 e. The Bertz CT molecular complexity index is 555. The summed E-state index contributed by atoms with van der Waals surface area (Å²) in [5, 5.41) is 0. The predicted octanol–water partition coefficient (Wildman–Crippen LogP) is 3.93. The van der Waals surface area contributed by atoms with Crippen molar-refractivity contribution in [3.05, 3.63) is 52.4 Å². The fraction of sp³-hybridized carbons (Fsp3) is 0.231. The zero-order valence-corrected chi connectivity index (χ0v) is 11.7. The van der Waals surface area contributed by atoms with Gasteiger partial charge in [-0.3, -0.25) is 4.98 Å². The van der Waals surface area contributed by atoms with Crippen molar-refractivity contribution in [3.63, 3.8) is 0 Å². The number of ether oxygens (including phenoxy) is 1. The maximum atomic E-state index is 13.0. The molecule has 0 bridgehead atoms. The molecule has 6 heteroatoms.